The molecule has 2 atom stereocenters. The van der Waals surface area contributed by atoms with Crippen LogP contribution in [0.25, 0.3) is 11.1 Å². The van der Waals surface area contributed by atoms with Crippen LogP contribution in [0.2, 0.25) is 0 Å². The van der Waals surface area contributed by atoms with E-state index in [1.807, 2.05) is 39.8 Å². The zero-order chi connectivity index (χ0) is 16.3. The molecular weight excluding hydrogens is 299 g/mol. The second-order valence-electron chi connectivity index (χ2n) is 6.20. The summed E-state index contributed by atoms with van der Waals surface area (Å²) in [4.78, 5) is 4.42. The van der Waals surface area contributed by atoms with Crippen LogP contribution in [0.3, 0.4) is 0 Å². The van der Waals surface area contributed by atoms with Gasteiger partial charge in [-0.15, -0.1) is 4.72 Å². The van der Waals surface area contributed by atoms with Gasteiger partial charge in [0.1, 0.15) is 10.6 Å². The molecule has 0 bridgehead atoms. The third-order valence-corrected chi connectivity index (χ3v) is 4.93. The molecule has 1 aromatic carbocycles. The summed E-state index contributed by atoms with van der Waals surface area (Å²) in [7, 11) is 0. The molecule has 0 aliphatic heterocycles. The molecule has 118 valence electrons. The Morgan fingerprint density at radius 3 is 2.18 bits per heavy atom. The number of rotatable bonds is 4. The summed E-state index contributed by atoms with van der Waals surface area (Å²) >= 11 is -1.14. The molecule has 2 rings (SSSR count). The fourth-order valence-corrected chi connectivity index (χ4v) is 2.67. The van der Waals surface area contributed by atoms with Crippen molar-refractivity contribution in [3.8, 4) is 11.1 Å². The maximum absolute atomic E-state index is 12.9. The average molecular weight is 320 g/mol. The average Bonchev–Trinajstić information content (AvgIpc) is 2.47. The molecule has 3 nitrogen and oxygen atoms in total. The first-order chi connectivity index (χ1) is 10.3. The number of halogens is 1. The number of nitrogens with one attached hydrogen (secondary N) is 1. The van der Waals surface area contributed by atoms with Gasteiger partial charge >= 0.3 is 0 Å². The van der Waals surface area contributed by atoms with Gasteiger partial charge in [-0.3, -0.25) is 4.98 Å². The molecule has 2 aromatic rings. The Morgan fingerprint density at radius 2 is 1.68 bits per heavy atom. The van der Waals surface area contributed by atoms with Gasteiger partial charge in [0.25, 0.3) is 0 Å². The Morgan fingerprint density at radius 1 is 1.09 bits per heavy atom. The Hall–Kier alpha value is -1.43. The predicted octanol–water partition coefficient (Wildman–Crippen LogP) is 4.00. The van der Waals surface area contributed by atoms with Gasteiger partial charge in [-0.05, 0) is 51.5 Å². The van der Waals surface area contributed by atoms with Crippen LogP contribution in [0, 0.1) is 5.82 Å². The zero-order valence-corrected chi connectivity index (χ0v) is 14.1. The molecular formula is C17H21FN2OS. The maximum Gasteiger partial charge on any atom is 0.136 e. The topological polar surface area (TPSA) is 48.0 Å². The molecule has 1 aromatic heterocycles. The van der Waals surface area contributed by atoms with Gasteiger partial charge < -0.3 is 4.55 Å². The van der Waals surface area contributed by atoms with Crippen LogP contribution in [0.4, 0.5) is 4.39 Å². The fourth-order valence-electron chi connectivity index (χ4n) is 1.87. The smallest absolute Gasteiger partial charge is 0.136 e. The van der Waals surface area contributed by atoms with Gasteiger partial charge in [0.2, 0.25) is 0 Å². The molecule has 22 heavy (non-hydrogen) atoms. The minimum atomic E-state index is -1.14. The molecule has 0 spiro atoms. The van der Waals surface area contributed by atoms with Crippen molar-refractivity contribution in [2.24, 2.45) is 0 Å². The van der Waals surface area contributed by atoms with E-state index in [-0.39, 0.29) is 16.6 Å². The summed E-state index contributed by atoms with van der Waals surface area (Å²) in [6.07, 6.45) is 1.75. The quantitative estimate of drug-likeness (QED) is 0.866. The van der Waals surface area contributed by atoms with Crippen LogP contribution in [-0.4, -0.2) is 14.3 Å². The lowest BCUT2D eigenvalue weighted by atomic mass is 10.1. The van der Waals surface area contributed by atoms with Crippen LogP contribution in [0.1, 0.15) is 39.4 Å². The van der Waals surface area contributed by atoms with Crippen LogP contribution >= 0.6 is 0 Å². The molecule has 0 saturated heterocycles. The predicted molar refractivity (Wildman–Crippen MR) is 89.1 cm³/mol. The van der Waals surface area contributed by atoms with Crippen molar-refractivity contribution in [3.05, 3.63) is 54.1 Å². The maximum atomic E-state index is 12.9. The zero-order valence-electron chi connectivity index (χ0n) is 13.3. The van der Waals surface area contributed by atoms with Gasteiger partial charge in [0.15, 0.2) is 0 Å². The number of benzene rings is 1. The highest BCUT2D eigenvalue weighted by Gasteiger charge is 2.28. The highest BCUT2D eigenvalue weighted by atomic mass is 32.2. The number of aromatic nitrogens is 1. The van der Waals surface area contributed by atoms with E-state index in [0.717, 1.165) is 16.8 Å². The highest BCUT2D eigenvalue weighted by molar-refractivity contribution is 7.90. The molecule has 0 amide bonds. The van der Waals surface area contributed by atoms with Gasteiger partial charge in [-0.2, -0.15) is 0 Å². The van der Waals surface area contributed by atoms with E-state index in [1.54, 1.807) is 18.3 Å². The SMILES string of the molecule is C[C@H](N[S+]([O-])C(C)(C)C)c1ccc(-c2ccc(F)cc2)cn1. The Labute approximate surface area is 134 Å². The van der Waals surface area contributed by atoms with Crippen molar-refractivity contribution in [2.45, 2.75) is 38.5 Å². The van der Waals surface area contributed by atoms with E-state index in [0.29, 0.717) is 0 Å². The molecule has 0 saturated carbocycles. The normalized spacial score (nSPS) is 14.6. The van der Waals surface area contributed by atoms with E-state index in [9.17, 15) is 8.94 Å². The van der Waals surface area contributed by atoms with Crippen molar-refractivity contribution < 1.29 is 8.94 Å². The van der Waals surface area contributed by atoms with Crippen molar-refractivity contribution >= 4 is 11.4 Å². The molecule has 0 radical (unpaired) electrons. The third-order valence-electron chi connectivity index (χ3n) is 3.25. The first-order valence-electron chi connectivity index (χ1n) is 7.17. The minimum Gasteiger partial charge on any atom is -0.598 e. The highest BCUT2D eigenvalue weighted by Crippen LogP contribution is 2.22. The lowest BCUT2D eigenvalue weighted by Gasteiger charge is -2.26. The molecule has 1 heterocycles. The van der Waals surface area contributed by atoms with Gasteiger partial charge in [-0.25, -0.2) is 4.39 Å². The number of pyridine rings is 1. The summed E-state index contributed by atoms with van der Waals surface area (Å²) in [5.74, 6) is -0.254. The van der Waals surface area contributed by atoms with E-state index >= 15 is 0 Å². The molecule has 0 aliphatic rings. The van der Waals surface area contributed by atoms with E-state index in [2.05, 4.69) is 9.71 Å². The van der Waals surface area contributed by atoms with Gasteiger partial charge in [0.05, 0.1) is 11.7 Å². The largest absolute Gasteiger partial charge is 0.598 e. The number of hydrogen-bond donors (Lipinski definition) is 1. The molecule has 0 aliphatic carbocycles. The summed E-state index contributed by atoms with van der Waals surface area (Å²) in [6.45, 7) is 7.71. The van der Waals surface area contributed by atoms with Gasteiger partial charge in [-0.1, -0.05) is 18.2 Å². The molecule has 1 N–H and O–H groups in total. The Kier molecular flexibility index (Phi) is 5.21. The summed E-state index contributed by atoms with van der Waals surface area (Å²) < 4.78 is 27.8. The van der Waals surface area contributed by atoms with Gasteiger partial charge in [0, 0.05) is 23.1 Å². The van der Waals surface area contributed by atoms with Crippen LogP contribution in [0.5, 0.6) is 0 Å². The minimum absolute atomic E-state index is 0.109. The first kappa shape index (κ1) is 16.9. The second kappa shape index (κ2) is 6.77. The lowest BCUT2D eigenvalue weighted by molar-refractivity contribution is 0.529. The standard InChI is InChI=1S/C17H21FN2OS/c1-12(20-22(21)17(2,3)4)16-10-7-14(11-19-16)13-5-8-15(18)9-6-13/h5-12,20H,1-4H3/t12-,22?/m0/s1. The first-order valence-corrected chi connectivity index (χ1v) is 8.32. The van der Waals surface area contributed by atoms with Crippen LogP contribution in [0.15, 0.2) is 42.6 Å². The summed E-state index contributed by atoms with van der Waals surface area (Å²) in [5.41, 5.74) is 2.66. The Bertz CT molecular complexity index is 608. The monoisotopic (exact) mass is 320 g/mol. The third kappa shape index (κ3) is 4.29. The second-order valence-corrected chi connectivity index (χ2v) is 8.20. The van der Waals surface area contributed by atoms with Crippen molar-refractivity contribution in [1.29, 1.82) is 0 Å². The van der Waals surface area contributed by atoms with E-state index < -0.39 is 11.4 Å². The molecule has 0 fully saturated rings. The summed E-state index contributed by atoms with van der Waals surface area (Å²) in [5, 5.41) is 0. The van der Waals surface area contributed by atoms with Crippen molar-refractivity contribution in [3.63, 3.8) is 0 Å². The van der Waals surface area contributed by atoms with Crippen LogP contribution < -0.4 is 4.72 Å². The van der Waals surface area contributed by atoms with Crippen LogP contribution in [-0.2, 0) is 11.4 Å². The fraction of sp³-hybridized carbons (Fsp3) is 0.353. The molecule has 1 unspecified atom stereocenters. The van der Waals surface area contributed by atoms with E-state index in [4.69, 9.17) is 0 Å². The Balaban J connectivity index is 2.10. The summed E-state index contributed by atoms with van der Waals surface area (Å²) in [6, 6.07) is 10.0. The lowest BCUT2D eigenvalue weighted by Crippen LogP contribution is -2.40. The van der Waals surface area contributed by atoms with Crippen molar-refractivity contribution in [1.82, 2.24) is 9.71 Å². The number of nitrogens with zero attached hydrogens (tertiary/aromatic N) is 1. The molecule has 5 heteroatoms. The van der Waals surface area contributed by atoms with E-state index in [1.165, 1.54) is 12.1 Å². The number of hydrogen-bond acceptors (Lipinski definition) is 3. The van der Waals surface area contributed by atoms with Crippen molar-refractivity contribution in [2.75, 3.05) is 0 Å².